The second kappa shape index (κ2) is 3.95. The van der Waals surface area contributed by atoms with Gasteiger partial charge in [0.1, 0.15) is 0 Å². The second-order valence-electron chi connectivity index (χ2n) is 7.23. The van der Waals surface area contributed by atoms with Gasteiger partial charge in [0.2, 0.25) is 5.91 Å². The summed E-state index contributed by atoms with van der Waals surface area (Å²) in [6.07, 6.45) is 6.14. The van der Waals surface area contributed by atoms with E-state index in [9.17, 15) is 4.79 Å². The van der Waals surface area contributed by atoms with Crippen molar-refractivity contribution in [1.82, 2.24) is 15.1 Å². The van der Waals surface area contributed by atoms with E-state index in [0.29, 0.717) is 23.9 Å². The van der Waals surface area contributed by atoms with Crippen molar-refractivity contribution in [2.45, 2.75) is 69.7 Å². The smallest absolute Gasteiger partial charge is 0.244 e. The molecule has 19 heavy (non-hydrogen) atoms. The molecule has 0 aromatic heterocycles. The SMILES string of the molecule is CC(C)C1NC2(CC2)C(=O)N1C1CCN2CCCC12. The minimum Gasteiger partial charge on any atom is -0.321 e. The average Bonchev–Trinajstić information content (AvgIpc) is 2.71. The number of hydrogen-bond donors (Lipinski definition) is 1. The predicted octanol–water partition coefficient (Wildman–Crippen LogP) is 1.17. The van der Waals surface area contributed by atoms with Gasteiger partial charge in [0.05, 0.1) is 17.7 Å². The second-order valence-corrected chi connectivity index (χ2v) is 7.23. The van der Waals surface area contributed by atoms with Crippen LogP contribution >= 0.6 is 0 Å². The molecule has 1 spiro atoms. The first-order valence-electron chi connectivity index (χ1n) is 7.97. The number of rotatable bonds is 2. The summed E-state index contributed by atoms with van der Waals surface area (Å²) in [5.41, 5.74) is -0.152. The van der Waals surface area contributed by atoms with E-state index in [0.717, 1.165) is 12.8 Å². The molecular formula is C15H25N3O. The summed E-state index contributed by atoms with van der Waals surface area (Å²) in [6, 6.07) is 1.11. The Labute approximate surface area is 115 Å². The van der Waals surface area contributed by atoms with E-state index in [-0.39, 0.29) is 11.7 Å². The maximum atomic E-state index is 12.8. The van der Waals surface area contributed by atoms with Crippen molar-refractivity contribution in [3.63, 3.8) is 0 Å². The fourth-order valence-corrected chi connectivity index (χ4v) is 4.50. The molecule has 3 unspecified atom stereocenters. The summed E-state index contributed by atoms with van der Waals surface area (Å²) in [4.78, 5) is 17.7. The van der Waals surface area contributed by atoms with Crippen molar-refractivity contribution in [2.24, 2.45) is 5.92 Å². The summed E-state index contributed by atoms with van der Waals surface area (Å²) in [5.74, 6) is 0.907. The van der Waals surface area contributed by atoms with Crippen LogP contribution in [0.15, 0.2) is 0 Å². The standard InChI is InChI=1S/C15H25N3O/c1-10(2)13-16-15(6-7-15)14(19)18(13)12-5-9-17-8-3-4-11(12)17/h10-13,16H,3-9H2,1-2H3. The van der Waals surface area contributed by atoms with E-state index in [1.165, 1.54) is 32.4 Å². The number of carbonyl (C=O) groups excluding carboxylic acids is 1. The van der Waals surface area contributed by atoms with Gasteiger partial charge in [-0.3, -0.25) is 15.0 Å². The Morgan fingerprint density at radius 3 is 2.68 bits per heavy atom. The molecule has 3 aliphatic heterocycles. The van der Waals surface area contributed by atoms with Crippen molar-refractivity contribution in [3.8, 4) is 0 Å². The molecule has 0 radical (unpaired) electrons. The molecule has 0 aromatic rings. The lowest BCUT2D eigenvalue weighted by molar-refractivity contribution is -0.134. The molecule has 0 aromatic carbocycles. The van der Waals surface area contributed by atoms with Gasteiger partial charge in [0.25, 0.3) is 0 Å². The molecule has 0 bridgehead atoms. The molecule has 3 heterocycles. The summed E-state index contributed by atoms with van der Waals surface area (Å²) in [5, 5.41) is 3.66. The number of nitrogens with one attached hydrogen (secondary N) is 1. The van der Waals surface area contributed by atoms with Gasteiger partial charge in [0.15, 0.2) is 0 Å². The van der Waals surface area contributed by atoms with E-state index < -0.39 is 0 Å². The zero-order valence-corrected chi connectivity index (χ0v) is 12.1. The Bertz CT molecular complexity index is 404. The quantitative estimate of drug-likeness (QED) is 0.812. The van der Waals surface area contributed by atoms with Gasteiger partial charge < -0.3 is 4.90 Å². The molecule has 3 saturated heterocycles. The summed E-state index contributed by atoms with van der Waals surface area (Å²) in [6.45, 7) is 6.91. The molecule has 1 saturated carbocycles. The van der Waals surface area contributed by atoms with Crippen LogP contribution in [0, 0.1) is 5.92 Å². The summed E-state index contributed by atoms with van der Waals surface area (Å²) >= 11 is 0. The molecule has 3 atom stereocenters. The van der Waals surface area contributed by atoms with E-state index in [1.807, 2.05) is 0 Å². The summed E-state index contributed by atoms with van der Waals surface area (Å²) < 4.78 is 0. The van der Waals surface area contributed by atoms with Gasteiger partial charge in [-0.15, -0.1) is 0 Å². The van der Waals surface area contributed by atoms with Crippen molar-refractivity contribution in [1.29, 1.82) is 0 Å². The van der Waals surface area contributed by atoms with Crippen LogP contribution in [0.2, 0.25) is 0 Å². The normalized spacial score (nSPS) is 40.7. The van der Waals surface area contributed by atoms with Crippen LogP contribution in [0.3, 0.4) is 0 Å². The fraction of sp³-hybridized carbons (Fsp3) is 0.933. The Morgan fingerprint density at radius 1 is 1.21 bits per heavy atom. The minimum absolute atomic E-state index is 0.152. The van der Waals surface area contributed by atoms with Crippen LogP contribution in [0.4, 0.5) is 0 Å². The van der Waals surface area contributed by atoms with Gasteiger partial charge >= 0.3 is 0 Å². The number of nitrogens with zero attached hydrogens (tertiary/aromatic N) is 2. The number of carbonyl (C=O) groups is 1. The van der Waals surface area contributed by atoms with Crippen LogP contribution in [0.1, 0.15) is 46.0 Å². The predicted molar refractivity (Wildman–Crippen MR) is 73.6 cm³/mol. The first-order valence-corrected chi connectivity index (χ1v) is 7.97. The molecule has 106 valence electrons. The van der Waals surface area contributed by atoms with E-state index in [1.54, 1.807) is 0 Å². The number of amides is 1. The molecule has 1 N–H and O–H groups in total. The Hall–Kier alpha value is -0.610. The zero-order chi connectivity index (χ0) is 13.2. The minimum atomic E-state index is -0.152. The van der Waals surface area contributed by atoms with Gasteiger partial charge in [0, 0.05) is 12.6 Å². The van der Waals surface area contributed by atoms with E-state index >= 15 is 0 Å². The molecule has 4 nitrogen and oxygen atoms in total. The van der Waals surface area contributed by atoms with Crippen LogP contribution in [-0.2, 0) is 4.79 Å². The highest BCUT2D eigenvalue weighted by molar-refractivity contribution is 5.92. The van der Waals surface area contributed by atoms with Gasteiger partial charge in [-0.25, -0.2) is 0 Å². The molecular weight excluding hydrogens is 238 g/mol. The van der Waals surface area contributed by atoms with Crippen molar-refractivity contribution < 1.29 is 4.79 Å². The highest BCUT2D eigenvalue weighted by Gasteiger charge is 2.62. The monoisotopic (exact) mass is 263 g/mol. The third kappa shape index (κ3) is 1.62. The lowest BCUT2D eigenvalue weighted by atomic mass is 10.0. The molecule has 1 aliphatic carbocycles. The Balaban J connectivity index is 1.62. The van der Waals surface area contributed by atoms with Gasteiger partial charge in [-0.1, -0.05) is 13.8 Å². The van der Waals surface area contributed by atoms with E-state index in [4.69, 9.17) is 0 Å². The van der Waals surface area contributed by atoms with Crippen molar-refractivity contribution in [2.75, 3.05) is 13.1 Å². The third-order valence-corrected chi connectivity index (χ3v) is 5.68. The molecule has 4 heteroatoms. The molecule has 4 fully saturated rings. The van der Waals surface area contributed by atoms with Crippen LogP contribution < -0.4 is 5.32 Å². The highest BCUT2D eigenvalue weighted by atomic mass is 16.2. The highest BCUT2D eigenvalue weighted by Crippen LogP contribution is 2.46. The first-order chi connectivity index (χ1) is 9.12. The van der Waals surface area contributed by atoms with Gasteiger partial charge in [-0.2, -0.15) is 0 Å². The number of fused-ring (bicyclic) bond motifs is 1. The molecule has 4 aliphatic rings. The van der Waals surface area contributed by atoms with Crippen LogP contribution in [0.5, 0.6) is 0 Å². The van der Waals surface area contributed by atoms with Crippen molar-refractivity contribution >= 4 is 5.91 Å². The Kier molecular flexibility index (Phi) is 2.53. The maximum Gasteiger partial charge on any atom is 0.244 e. The summed E-state index contributed by atoms with van der Waals surface area (Å²) in [7, 11) is 0. The van der Waals surface area contributed by atoms with Crippen molar-refractivity contribution in [3.05, 3.63) is 0 Å². The fourth-order valence-electron chi connectivity index (χ4n) is 4.50. The van der Waals surface area contributed by atoms with Crippen LogP contribution in [0.25, 0.3) is 0 Å². The first kappa shape index (κ1) is 12.2. The van der Waals surface area contributed by atoms with E-state index in [2.05, 4.69) is 29.0 Å². The number of hydrogen-bond acceptors (Lipinski definition) is 3. The third-order valence-electron chi connectivity index (χ3n) is 5.68. The lowest BCUT2D eigenvalue weighted by Gasteiger charge is -2.35. The molecule has 4 rings (SSSR count). The maximum absolute atomic E-state index is 12.8. The van der Waals surface area contributed by atoms with Gasteiger partial charge in [-0.05, 0) is 44.6 Å². The molecule has 1 amide bonds. The Morgan fingerprint density at radius 2 is 2.00 bits per heavy atom. The largest absolute Gasteiger partial charge is 0.321 e. The van der Waals surface area contributed by atoms with Crippen LogP contribution in [-0.4, -0.2) is 52.6 Å². The lowest BCUT2D eigenvalue weighted by Crippen LogP contribution is -2.51. The zero-order valence-electron chi connectivity index (χ0n) is 12.1. The average molecular weight is 263 g/mol. The topological polar surface area (TPSA) is 35.6 Å².